The molecular weight excluding hydrogens is 440 g/mol. The monoisotopic (exact) mass is 472 g/mol. The van der Waals surface area contributed by atoms with E-state index >= 15 is 0 Å². The number of hydrogen-bond donors (Lipinski definition) is 1. The number of ketones is 1. The number of rotatable bonds is 12. The van der Waals surface area contributed by atoms with Crippen molar-refractivity contribution in [1.82, 2.24) is 0 Å². The Morgan fingerprint density at radius 2 is 1.47 bits per heavy atom. The molecule has 1 N–H and O–H groups in total. The van der Waals surface area contributed by atoms with Crippen LogP contribution in [-0.2, 0) is 11.2 Å². The second-order valence-electron chi connectivity index (χ2n) is 7.47. The van der Waals surface area contributed by atoms with E-state index in [4.69, 9.17) is 28.4 Å². The minimum Gasteiger partial charge on any atom is -0.507 e. The Labute approximate surface area is 200 Å². The van der Waals surface area contributed by atoms with Gasteiger partial charge in [0.15, 0.2) is 24.1 Å². The Morgan fingerprint density at radius 1 is 0.882 bits per heavy atom. The molecule has 0 bridgehead atoms. The van der Waals surface area contributed by atoms with E-state index in [0.29, 0.717) is 40.5 Å². The molecule has 2 rings (SSSR count). The zero-order chi connectivity index (χ0) is 25.3. The maximum Gasteiger partial charge on any atom is 0.206 e. The first kappa shape index (κ1) is 26.6. The maximum atomic E-state index is 13.1. The van der Waals surface area contributed by atoms with Gasteiger partial charge in [-0.2, -0.15) is 0 Å². The van der Waals surface area contributed by atoms with Crippen LogP contribution < -0.4 is 23.7 Å². The predicted octanol–water partition coefficient (Wildman–Crippen LogP) is 4.81. The van der Waals surface area contributed by atoms with Crippen molar-refractivity contribution >= 4 is 11.9 Å². The molecule has 184 valence electrons. The van der Waals surface area contributed by atoms with Gasteiger partial charge in [0.05, 0.1) is 28.4 Å². The van der Waals surface area contributed by atoms with Crippen LogP contribution in [0.4, 0.5) is 0 Å². The van der Waals surface area contributed by atoms with Gasteiger partial charge in [0, 0.05) is 18.7 Å². The average Bonchev–Trinajstić information content (AvgIpc) is 2.83. The predicted molar refractivity (Wildman–Crippen MR) is 130 cm³/mol. The van der Waals surface area contributed by atoms with E-state index in [0.717, 1.165) is 5.57 Å². The zero-order valence-electron chi connectivity index (χ0n) is 20.7. The molecule has 2 aromatic carbocycles. The number of carbonyl (C=O) groups excluding carboxylic acids is 1. The van der Waals surface area contributed by atoms with Crippen LogP contribution >= 0.6 is 0 Å². The van der Waals surface area contributed by atoms with Crippen LogP contribution in [-0.4, -0.2) is 53.2 Å². The molecule has 0 saturated heterocycles. The van der Waals surface area contributed by atoms with Crippen molar-refractivity contribution in [1.29, 1.82) is 0 Å². The topological polar surface area (TPSA) is 92.7 Å². The molecular formula is C26H32O8. The molecule has 0 saturated carbocycles. The number of benzene rings is 2. The SMILES string of the molecule is COCOc1c(OC)cc(C=CC(=O)c2c(OC)cc(OC)c(CC=C(C)C)c2O)cc1OC. The summed E-state index contributed by atoms with van der Waals surface area (Å²) < 4.78 is 32.1. The molecule has 34 heavy (non-hydrogen) atoms. The van der Waals surface area contributed by atoms with Gasteiger partial charge in [0.1, 0.15) is 22.8 Å². The minimum atomic E-state index is -0.437. The molecule has 0 amide bonds. The summed E-state index contributed by atoms with van der Waals surface area (Å²) in [5.41, 5.74) is 2.26. The standard InChI is InChI=1S/C26H32O8/c1-16(2)8-10-18-20(30-4)14-21(31-5)24(25(18)28)19(27)11-9-17-12-22(32-6)26(34-15-29-3)23(13-17)33-7/h8-9,11-14,28H,10,15H2,1-7H3. The van der Waals surface area contributed by atoms with E-state index in [2.05, 4.69) is 0 Å². The highest BCUT2D eigenvalue weighted by atomic mass is 16.7. The van der Waals surface area contributed by atoms with Gasteiger partial charge in [0.25, 0.3) is 0 Å². The number of carbonyl (C=O) groups is 1. The number of phenolic OH excluding ortho intramolecular Hbond substituents is 1. The quantitative estimate of drug-likeness (QED) is 0.204. The molecule has 0 aromatic heterocycles. The number of methoxy groups -OCH3 is 5. The molecule has 0 fully saturated rings. The van der Waals surface area contributed by atoms with Gasteiger partial charge in [-0.1, -0.05) is 17.7 Å². The molecule has 0 aliphatic rings. The van der Waals surface area contributed by atoms with Crippen molar-refractivity contribution in [2.75, 3.05) is 42.3 Å². The van der Waals surface area contributed by atoms with Crippen molar-refractivity contribution < 1.29 is 38.3 Å². The van der Waals surface area contributed by atoms with Crippen LogP contribution in [0.5, 0.6) is 34.5 Å². The Morgan fingerprint density at radius 3 is 1.97 bits per heavy atom. The van der Waals surface area contributed by atoms with Gasteiger partial charge in [-0.25, -0.2) is 0 Å². The maximum absolute atomic E-state index is 13.1. The van der Waals surface area contributed by atoms with Crippen LogP contribution in [0.1, 0.15) is 35.3 Å². The summed E-state index contributed by atoms with van der Waals surface area (Å²) in [5, 5.41) is 11.0. The second kappa shape index (κ2) is 12.6. The van der Waals surface area contributed by atoms with Crippen LogP contribution in [0.3, 0.4) is 0 Å². The lowest BCUT2D eigenvalue weighted by Crippen LogP contribution is -2.04. The van der Waals surface area contributed by atoms with Crippen LogP contribution in [0.2, 0.25) is 0 Å². The van der Waals surface area contributed by atoms with E-state index in [9.17, 15) is 9.90 Å². The second-order valence-corrected chi connectivity index (χ2v) is 7.47. The summed E-state index contributed by atoms with van der Waals surface area (Å²) >= 11 is 0. The Hall–Kier alpha value is -3.65. The summed E-state index contributed by atoms with van der Waals surface area (Å²) in [5.74, 6) is 1.25. The molecule has 8 nitrogen and oxygen atoms in total. The van der Waals surface area contributed by atoms with Crippen LogP contribution in [0.25, 0.3) is 6.08 Å². The van der Waals surface area contributed by atoms with Gasteiger partial charge < -0.3 is 33.5 Å². The first-order valence-electron chi connectivity index (χ1n) is 10.5. The third-order valence-corrected chi connectivity index (χ3v) is 4.96. The third-order valence-electron chi connectivity index (χ3n) is 4.96. The molecule has 2 aromatic rings. The Balaban J connectivity index is 2.49. The number of aromatic hydroxyl groups is 1. The third kappa shape index (κ3) is 6.23. The Kier molecular flexibility index (Phi) is 9.82. The molecule has 0 aliphatic heterocycles. The van der Waals surface area contributed by atoms with Crippen molar-refractivity contribution in [2.45, 2.75) is 20.3 Å². The first-order valence-corrected chi connectivity index (χ1v) is 10.5. The highest BCUT2D eigenvalue weighted by Gasteiger charge is 2.23. The summed E-state index contributed by atoms with van der Waals surface area (Å²) in [6, 6.07) is 4.99. The zero-order valence-corrected chi connectivity index (χ0v) is 20.7. The van der Waals surface area contributed by atoms with Gasteiger partial charge in [-0.3, -0.25) is 4.79 Å². The summed E-state index contributed by atoms with van der Waals surface area (Å²) in [6.45, 7) is 3.93. The van der Waals surface area contributed by atoms with Gasteiger partial charge in [-0.05, 0) is 44.0 Å². The highest BCUT2D eigenvalue weighted by Crippen LogP contribution is 2.41. The van der Waals surface area contributed by atoms with Crippen molar-refractivity contribution in [3.05, 3.63) is 52.6 Å². The van der Waals surface area contributed by atoms with E-state index in [1.807, 2.05) is 19.9 Å². The highest BCUT2D eigenvalue weighted by molar-refractivity contribution is 6.11. The van der Waals surface area contributed by atoms with Crippen molar-refractivity contribution in [2.24, 2.45) is 0 Å². The summed E-state index contributed by atoms with van der Waals surface area (Å²) in [4.78, 5) is 13.1. The molecule has 0 spiro atoms. The van der Waals surface area contributed by atoms with Gasteiger partial charge >= 0.3 is 0 Å². The molecule has 0 heterocycles. The van der Waals surface area contributed by atoms with E-state index in [1.54, 1.807) is 24.3 Å². The summed E-state index contributed by atoms with van der Waals surface area (Å²) in [7, 11) is 7.44. The van der Waals surface area contributed by atoms with Crippen LogP contribution in [0.15, 0.2) is 35.9 Å². The first-order chi connectivity index (χ1) is 16.3. The lowest BCUT2D eigenvalue weighted by molar-refractivity contribution is 0.0471. The summed E-state index contributed by atoms with van der Waals surface area (Å²) in [6.07, 6.45) is 5.29. The van der Waals surface area contributed by atoms with E-state index in [-0.39, 0.29) is 23.9 Å². The van der Waals surface area contributed by atoms with Crippen molar-refractivity contribution in [3.63, 3.8) is 0 Å². The fourth-order valence-corrected chi connectivity index (χ4v) is 3.26. The fraction of sp³-hybridized carbons (Fsp3) is 0.346. The van der Waals surface area contributed by atoms with Gasteiger partial charge in [0.2, 0.25) is 5.75 Å². The van der Waals surface area contributed by atoms with Crippen LogP contribution in [0, 0.1) is 0 Å². The van der Waals surface area contributed by atoms with E-state index in [1.165, 1.54) is 41.6 Å². The lowest BCUT2D eigenvalue weighted by atomic mass is 9.99. The smallest absolute Gasteiger partial charge is 0.206 e. The fourth-order valence-electron chi connectivity index (χ4n) is 3.26. The number of phenols is 1. The lowest BCUT2D eigenvalue weighted by Gasteiger charge is -2.16. The number of hydrogen-bond acceptors (Lipinski definition) is 8. The molecule has 0 aliphatic carbocycles. The molecule has 0 unspecified atom stereocenters. The Bertz CT molecular complexity index is 1040. The molecule has 0 radical (unpaired) electrons. The molecule has 0 atom stereocenters. The van der Waals surface area contributed by atoms with E-state index < -0.39 is 5.78 Å². The number of ether oxygens (including phenoxy) is 6. The van der Waals surface area contributed by atoms with Crippen molar-refractivity contribution in [3.8, 4) is 34.5 Å². The largest absolute Gasteiger partial charge is 0.507 e. The normalized spacial score (nSPS) is 10.7. The molecule has 8 heteroatoms. The minimum absolute atomic E-state index is 0.0199. The average molecular weight is 473 g/mol. The number of allylic oxidation sites excluding steroid dienone is 3. The van der Waals surface area contributed by atoms with Gasteiger partial charge in [-0.15, -0.1) is 0 Å².